The molecular weight excluding hydrogens is 290 g/mol. The highest BCUT2D eigenvalue weighted by atomic mass is 16.1. The number of pyridine rings is 2. The van der Waals surface area contributed by atoms with Gasteiger partial charge in [0.1, 0.15) is 11.6 Å². The van der Waals surface area contributed by atoms with Crippen LogP contribution in [0.1, 0.15) is 10.5 Å². The minimum Gasteiger partial charge on any atom is -0.384 e. The third-order valence-electron chi connectivity index (χ3n) is 3.66. The van der Waals surface area contributed by atoms with Crippen molar-refractivity contribution < 1.29 is 4.79 Å². The average Bonchev–Trinajstić information content (AvgIpc) is 2.93. The Bertz CT molecular complexity index is 1040. The lowest BCUT2D eigenvalue weighted by Gasteiger charge is -2.05. The van der Waals surface area contributed by atoms with Crippen LogP contribution in [0.5, 0.6) is 0 Å². The van der Waals surface area contributed by atoms with Crippen LogP contribution >= 0.6 is 0 Å². The molecule has 0 atom stereocenters. The molecule has 6 nitrogen and oxygen atoms in total. The number of hydrogen-bond donors (Lipinski definition) is 3. The number of aromatic nitrogens is 3. The van der Waals surface area contributed by atoms with Crippen molar-refractivity contribution in [1.29, 1.82) is 0 Å². The molecule has 3 aromatic heterocycles. The molecular formula is C17H13N5O. The van der Waals surface area contributed by atoms with Crippen molar-refractivity contribution in [2.24, 2.45) is 0 Å². The zero-order valence-corrected chi connectivity index (χ0v) is 12.1. The van der Waals surface area contributed by atoms with Crippen LogP contribution < -0.4 is 11.1 Å². The summed E-state index contributed by atoms with van der Waals surface area (Å²) in [4.78, 5) is 24.1. The van der Waals surface area contributed by atoms with E-state index in [2.05, 4.69) is 20.3 Å². The smallest absolute Gasteiger partial charge is 0.277 e. The summed E-state index contributed by atoms with van der Waals surface area (Å²) < 4.78 is 0. The molecule has 0 unspecified atom stereocenters. The first-order valence-corrected chi connectivity index (χ1v) is 7.12. The number of carbonyl (C=O) groups is 1. The molecule has 4 rings (SSSR count). The number of nitrogens with one attached hydrogen (secondary N) is 2. The number of para-hydroxylation sites is 1. The molecule has 0 aliphatic heterocycles. The zero-order chi connectivity index (χ0) is 15.8. The summed E-state index contributed by atoms with van der Waals surface area (Å²) in [6.45, 7) is 0. The summed E-state index contributed by atoms with van der Waals surface area (Å²) >= 11 is 0. The van der Waals surface area contributed by atoms with E-state index < -0.39 is 0 Å². The highest BCUT2D eigenvalue weighted by molar-refractivity contribution is 6.16. The number of fused-ring (bicyclic) bond motifs is 3. The Labute approximate surface area is 131 Å². The van der Waals surface area contributed by atoms with Gasteiger partial charge in [-0.3, -0.25) is 4.79 Å². The van der Waals surface area contributed by atoms with E-state index in [0.29, 0.717) is 22.8 Å². The van der Waals surface area contributed by atoms with Crippen LogP contribution in [-0.2, 0) is 0 Å². The SMILES string of the molecule is Nc1cccc(NC(=O)c2nccc3c2[nH]c2ccccc23)n1. The maximum absolute atomic E-state index is 12.5. The molecule has 6 heteroatoms. The van der Waals surface area contributed by atoms with Crippen LogP contribution in [0.2, 0.25) is 0 Å². The molecule has 4 aromatic rings. The van der Waals surface area contributed by atoms with Gasteiger partial charge in [-0.1, -0.05) is 24.3 Å². The second kappa shape index (κ2) is 5.10. The fourth-order valence-electron chi connectivity index (χ4n) is 2.64. The van der Waals surface area contributed by atoms with Gasteiger partial charge in [0.15, 0.2) is 5.69 Å². The van der Waals surface area contributed by atoms with E-state index in [1.54, 1.807) is 24.4 Å². The van der Waals surface area contributed by atoms with Crippen molar-refractivity contribution in [2.45, 2.75) is 0 Å². The molecule has 0 spiro atoms. The molecule has 112 valence electrons. The van der Waals surface area contributed by atoms with E-state index in [0.717, 1.165) is 16.3 Å². The Morgan fingerprint density at radius 1 is 1.04 bits per heavy atom. The Morgan fingerprint density at radius 2 is 1.91 bits per heavy atom. The highest BCUT2D eigenvalue weighted by Crippen LogP contribution is 2.26. The number of benzene rings is 1. The standard InChI is InChI=1S/C17H13N5O/c18-13-6-3-7-14(21-13)22-17(23)16-15-11(8-9-19-16)10-4-1-2-5-12(10)20-15/h1-9,20H,(H3,18,21,22,23). The summed E-state index contributed by atoms with van der Waals surface area (Å²) in [5.74, 6) is 0.407. The quantitative estimate of drug-likeness (QED) is 0.530. The van der Waals surface area contributed by atoms with E-state index >= 15 is 0 Å². The van der Waals surface area contributed by atoms with Crippen LogP contribution in [0.3, 0.4) is 0 Å². The summed E-state index contributed by atoms with van der Waals surface area (Å²) in [5.41, 5.74) is 7.62. The van der Waals surface area contributed by atoms with E-state index in [-0.39, 0.29) is 5.91 Å². The van der Waals surface area contributed by atoms with Gasteiger partial charge in [0, 0.05) is 22.5 Å². The lowest BCUT2D eigenvalue weighted by molar-refractivity contribution is 0.102. The van der Waals surface area contributed by atoms with E-state index in [9.17, 15) is 4.79 Å². The number of H-pyrrole nitrogens is 1. The summed E-state index contributed by atoms with van der Waals surface area (Å²) in [6.07, 6.45) is 1.63. The van der Waals surface area contributed by atoms with Gasteiger partial charge in [0.25, 0.3) is 5.91 Å². The molecule has 0 aliphatic carbocycles. The summed E-state index contributed by atoms with van der Waals surface area (Å²) in [6, 6.07) is 14.9. The molecule has 0 radical (unpaired) electrons. The van der Waals surface area contributed by atoms with Crippen molar-refractivity contribution in [2.75, 3.05) is 11.1 Å². The molecule has 1 amide bonds. The first-order valence-electron chi connectivity index (χ1n) is 7.12. The largest absolute Gasteiger partial charge is 0.384 e. The van der Waals surface area contributed by atoms with Gasteiger partial charge in [0.2, 0.25) is 0 Å². The van der Waals surface area contributed by atoms with E-state index in [1.807, 2.05) is 30.3 Å². The van der Waals surface area contributed by atoms with Crippen LogP contribution in [-0.4, -0.2) is 20.9 Å². The fourth-order valence-corrected chi connectivity index (χ4v) is 2.64. The number of carbonyl (C=O) groups excluding carboxylic acids is 1. The maximum Gasteiger partial charge on any atom is 0.277 e. The number of nitrogens with zero attached hydrogens (tertiary/aromatic N) is 2. The van der Waals surface area contributed by atoms with Crippen LogP contribution in [0, 0.1) is 0 Å². The first-order chi connectivity index (χ1) is 11.2. The molecule has 0 saturated heterocycles. The van der Waals surface area contributed by atoms with Gasteiger partial charge >= 0.3 is 0 Å². The predicted octanol–water partition coefficient (Wildman–Crippen LogP) is 2.95. The van der Waals surface area contributed by atoms with Crippen LogP contribution in [0.4, 0.5) is 11.6 Å². The van der Waals surface area contributed by atoms with Gasteiger partial charge in [-0.05, 0) is 24.3 Å². The van der Waals surface area contributed by atoms with Crippen molar-refractivity contribution in [1.82, 2.24) is 15.0 Å². The molecule has 1 aromatic carbocycles. The van der Waals surface area contributed by atoms with E-state index in [4.69, 9.17) is 5.73 Å². The maximum atomic E-state index is 12.5. The Balaban J connectivity index is 1.80. The van der Waals surface area contributed by atoms with Crippen molar-refractivity contribution in [3.8, 4) is 0 Å². The number of amides is 1. The zero-order valence-electron chi connectivity index (χ0n) is 12.1. The predicted molar refractivity (Wildman–Crippen MR) is 90.2 cm³/mol. The number of nitrogen functional groups attached to an aromatic ring is 1. The number of hydrogen-bond acceptors (Lipinski definition) is 4. The van der Waals surface area contributed by atoms with E-state index in [1.165, 1.54) is 0 Å². The third kappa shape index (κ3) is 2.26. The van der Waals surface area contributed by atoms with Gasteiger partial charge in [-0.2, -0.15) is 0 Å². The molecule has 0 saturated carbocycles. The topological polar surface area (TPSA) is 96.7 Å². The molecule has 0 aliphatic rings. The molecule has 23 heavy (non-hydrogen) atoms. The lowest BCUT2D eigenvalue weighted by atomic mass is 10.1. The normalized spacial score (nSPS) is 11.0. The Kier molecular flexibility index (Phi) is 2.94. The number of rotatable bonds is 2. The second-order valence-electron chi connectivity index (χ2n) is 5.15. The monoisotopic (exact) mass is 303 g/mol. The van der Waals surface area contributed by atoms with Crippen LogP contribution in [0.15, 0.2) is 54.7 Å². The number of nitrogens with two attached hydrogens (primary N) is 1. The van der Waals surface area contributed by atoms with Gasteiger partial charge < -0.3 is 16.0 Å². The van der Waals surface area contributed by atoms with Crippen LogP contribution in [0.25, 0.3) is 21.8 Å². The van der Waals surface area contributed by atoms with Crippen molar-refractivity contribution in [3.63, 3.8) is 0 Å². The highest BCUT2D eigenvalue weighted by Gasteiger charge is 2.15. The Hall–Kier alpha value is -3.41. The number of aromatic amines is 1. The second-order valence-corrected chi connectivity index (χ2v) is 5.15. The third-order valence-corrected chi connectivity index (χ3v) is 3.66. The van der Waals surface area contributed by atoms with Gasteiger partial charge in [0.05, 0.1) is 5.52 Å². The summed E-state index contributed by atoms with van der Waals surface area (Å²) in [5, 5.41) is 4.74. The van der Waals surface area contributed by atoms with Crippen molar-refractivity contribution in [3.05, 3.63) is 60.4 Å². The minimum atomic E-state index is -0.333. The Morgan fingerprint density at radius 3 is 2.78 bits per heavy atom. The summed E-state index contributed by atoms with van der Waals surface area (Å²) in [7, 11) is 0. The van der Waals surface area contributed by atoms with Gasteiger partial charge in [-0.25, -0.2) is 9.97 Å². The van der Waals surface area contributed by atoms with Gasteiger partial charge in [-0.15, -0.1) is 0 Å². The fraction of sp³-hybridized carbons (Fsp3) is 0. The average molecular weight is 303 g/mol. The molecule has 0 fully saturated rings. The molecule has 3 heterocycles. The first kappa shape index (κ1) is 13.3. The molecule has 0 bridgehead atoms. The minimum absolute atomic E-state index is 0.322. The van der Waals surface area contributed by atoms with Crippen molar-refractivity contribution >= 4 is 39.3 Å². The number of anilines is 2. The lowest BCUT2D eigenvalue weighted by Crippen LogP contribution is -2.15. The molecule has 4 N–H and O–H groups in total.